The van der Waals surface area contributed by atoms with Gasteiger partial charge < -0.3 is 0 Å². The first-order chi connectivity index (χ1) is 7.85. The Hall–Kier alpha value is -1.41. The number of benzene rings is 2. The van der Waals surface area contributed by atoms with Crippen LogP contribution in [-0.4, -0.2) is 6.29 Å². The van der Waals surface area contributed by atoms with Crippen molar-refractivity contribution in [2.75, 3.05) is 0 Å². The van der Waals surface area contributed by atoms with Crippen LogP contribution in [0.2, 0.25) is 0 Å². The van der Waals surface area contributed by atoms with Crippen LogP contribution in [-0.2, 0) is 5.33 Å². The van der Waals surface area contributed by atoms with Crippen LogP contribution in [0.25, 0.3) is 11.1 Å². The van der Waals surface area contributed by atoms with Crippen LogP contribution in [0, 0.1) is 0 Å². The Labute approximate surface area is 103 Å². The Bertz CT molecular complexity index is 506. The van der Waals surface area contributed by atoms with E-state index in [1.165, 1.54) is 5.56 Å². The molecule has 16 heavy (non-hydrogen) atoms. The number of alkyl halides is 1. The van der Waals surface area contributed by atoms with Crippen LogP contribution >= 0.6 is 15.9 Å². The fraction of sp³-hybridized carbons (Fsp3) is 0.0714. The summed E-state index contributed by atoms with van der Waals surface area (Å²) >= 11 is 3.43. The fourth-order valence-electron chi connectivity index (χ4n) is 1.68. The van der Waals surface area contributed by atoms with Crippen molar-refractivity contribution in [3.05, 3.63) is 59.7 Å². The zero-order valence-electron chi connectivity index (χ0n) is 8.69. The summed E-state index contributed by atoms with van der Waals surface area (Å²) < 4.78 is 0. The van der Waals surface area contributed by atoms with Gasteiger partial charge in [-0.05, 0) is 16.7 Å². The summed E-state index contributed by atoms with van der Waals surface area (Å²) in [5.41, 5.74) is 4.01. The number of halogens is 1. The molecule has 0 spiro atoms. The molecule has 80 valence electrons. The Morgan fingerprint density at radius 2 is 1.88 bits per heavy atom. The summed E-state index contributed by atoms with van der Waals surface area (Å²) in [6.07, 6.45) is 0.899. The normalized spacial score (nSPS) is 10.1. The van der Waals surface area contributed by atoms with E-state index >= 15 is 0 Å². The SMILES string of the molecule is O=Cc1ccccc1-c1cccc(CBr)c1. The van der Waals surface area contributed by atoms with E-state index in [1.54, 1.807) is 0 Å². The van der Waals surface area contributed by atoms with Gasteiger partial charge in [-0.15, -0.1) is 0 Å². The number of hydrogen-bond acceptors (Lipinski definition) is 1. The highest BCUT2D eigenvalue weighted by molar-refractivity contribution is 9.08. The lowest BCUT2D eigenvalue weighted by atomic mass is 9.99. The van der Waals surface area contributed by atoms with Gasteiger partial charge in [-0.1, -0.05) is 64.5 Å². The summed E-state index contributed by atoms with van der Waals surface area (Å²) in [6, 6.07) is 15.8. The van der Waals surface area contributed by atoms with Gasteiger partial charge in [-0.25, -0.2) is 0 Å². The monoisotopic (exact) mass is 274 g/mol. The Kier molecular flexibility index (Phi) is 3.52. The van der Waals surface area contributed by atoms with Crippen LogP contribution in [0.4, 0.5) is 0 Å². The molecular formula is C14H11BrO. The van der Waals surface area contributed by atoms with Gasteiger partial charge >= 0.3 is 0 Å². The molecule has 2 heteroatoms. The van der Waals surface area contributed by atoms with Crippen LogP contribution in [0.3, 0.4) is 0 Å². The van der Waals surface area contributed by atoms with Crippen molar-refractivity contribution in [1.82, 2.24) is 0 Å². The molecule has 0 fully saturated rings. The second kappa shape index (κ2) is 5.08. The number of hydrogen-bond donors (Lipinski definition) is 0. The molecule has 0 aliphatic heterocycles. The minimum absolute atomic E-state index is 0.731. The third-order valence-corrected chi connectivity index (χ3v) is 3.13. The van der Waals surface area contributed by atoms with Crippen LogP contribution in [0.15, 0.2) is 48.5 Å². The number of aldehydes is 1. The smallest absolute Gasteiger partial charge is 0.150 e. The molecule has 0 saturated heterocycles. The third-order valence-electron chi connectivity index (χ3n) is 2.48. The highest BCUT2D eigenvalue weighted by atomic mass is 79.9. The molecule has 0 bridgehead atoms. The van der Waals surface area contributed by atoms with E-state index < -0.39 is 0 Å². The molecule has 0 aromatic heterocycles. The minimum atomic E-state index is 0.731. The van der Waals surface area contributed by atoms with Crippen molar-refractivity contribution in [2.24, 2.45) is 0 Å². The van der Waals surface area contributed by atoms with E-state index in [4.69, 9.17) is 0 Å². The molecule has 0 aliphatic carbocycles. The molecule has 0 aliphatic rings. The maximum atomic E-state index is 10.9. The lowest BCUT2D eigenvalue weighted by molar-refractivity contribution is 0.112. The summed E-state index contributed by atoms with van der Waals surface area (Å²) in [4.78, 5) is 10.9. The lowest BCUT2D eigenvalue weighted by Crippen LogP contribution is -1.87. The predicted molar refractivity (Wildman–Crippen MR) is 69.9 cm³/mol. The lowest BCUT2D eigenvalue weighted by Gasteiger charge is -2.06. The van der Waals surface area contributed by atoms with Crippen molar-refractivity contribution in [3.8, 4) is 11.1 Å². The average Bonchev–Trinajstić information content (AvgIpc) is 2.38. The van der Waals surface area contributed by atoms with Gasteiger partial charge in [0.15, 0.2) is 6.29 Å². The number of carbonyl (C=O) groups excluding carboxylic acids is 1. The maximum absolute atomic E-state index is 10.9. The Balaban J connectivity index is 2.53. The van der Waals surface area contributed by atoms with Crippen molar-refractivity contribution < 1.29 is 4.79 Å². The van der Waals surface area contributed by atoms with E-state index in [0.29, 0.717) is 0 Å². The molecule has 0 radical (unpaired) electrons. The second-order valence-electron chi connectivity index (χ2n) is 3.54. The highest BCUT2D eigenvalue weighted by Crippen LogP contribution is 2.24. The number of carbonyl (C=O) groups is 1. The van der Waals surface area contributed by atoms with Gasteiger partial charge in [-0.2, -0.15) is 0 Å². The van der Waals surface area contributed by atoms with Gasteiger partial charge in [0.05, 0.1) is 0 Å². The van der Waals surface area contributed by atoms with Crippen molar-refractivity contribution in [1.29, 1.82) is 0 Å². The Morgan fingerprint density at radius 1 is 1.06 bits per heavy atom. The molecule has 0 atom stereocenters. The molecule has 2 aromatic rings. The van der Waals surface area contributed by atoms with E-state index in [2.05, 4.69) is 28.1 Å². The zero-order valence-corrected chi connectivity index (χ0v) is 10.3. The average molecular weight is 275 g/mol. The van der Waals surface area contributed by atoms with Crippen LogP contribution < -0.4 is 0 Å². The zero-order chi connectivity index (χ0) is 11.4. The first kappa shape index (κ1) is 11.1. The van der Waals surface area contributed by atoms with E-state index in [-0.39, 0.29) is 0 Å². The molecule has 0 saturated carbocycles. The van der Waals surface area contributed by atoms with E-state index in [9.17, 15) is 4.79 Å². The molecule has 0 amide bonds. The molecule has 1 nitrogen and oxygen atoms in total. The first-order valence-electron chi connectivity index (χ1n) is 5.04. The van der Waals surface area contributed by atoms with Gasteiger partial charge in [0.1, 0.15) is 0 Å². The van der Waals surface area contributed by atoms with Crippen LogP contribution in [0.5, 0.6) is 0 Å². The molecule has 0 unspecified atom stereocenters. The topological polar surface area (TPSA) is 17.1 Å². The summed E-state index contributed by atoms with van der Waals surface area (Å²) in [7, 11) is 0. The fourth-order valence-corrected chi connectivity index (χ4v) is 2.03. The molecule has 0 heterocycles. The quantitative estimate of drug-likeness (QED) is 0.609. The third kappa shape index (κ3) is 2.22. The maximum Gasteiger partial charge on any atom is 0.150 e. The Morgan fingerprint density at radius 3 is 2.62 bits per heavy atom. The van der Waals surface area contributed by atoms with Gasteiger partial charge in [0.2, 0.25) is 0 Å². The van der Waals surface area contributed by atoms with E-state index in [0.717, 1.165) is 28.3 Å². The van der Waals surface area contributed by atoms with Gasteiger partial charge in [-0.3, -0.25) is 4.79 Å². The molecular weight excluding hydrogens is 264 g/mol. The molecule has 2 rings (SSSR count). The summed E-state index contributed by atoms with van der Waals surface area (Å²) in [6.45, 7) is 0. The van der Waals surface area contributed by atoms with E-state index in [1.807, 2.05) is 36.4 Å². The predicted octanol–water partition coefficient (Wildman–Crippen LogP) is 4.06. The second-order valence-corrected chi connectivity index (χ2v) is 4.10. The molecule has 0 N–H and O–H groups in total. The molecule has 2 aromatic carbocycles. The summed E-state index contributed by atoms with van der Waals surface area (Å²) in [5.74, 6) is 0. The standard InChI is InChI=1S/C14H11BrO/c15-9-11-4-3-6-12(8-11)14-7-2-1-5-13(14)10-16/h1-8,10H,9H2. The minimum Gasteiger partial charge on any atom is -0.298 e. The number of rotatable bonds is 3. The highest BCUT2D eigenvalue weighted by Gasteiger charge is 2.03. The van der Waals surface area contributed by atoms with Gasteiger partial charge in [0.25, 0.3) is 0 Å². The first-order valence-corrected chi connectivity index (χ1v) is 6.17. The van der Waals surface area contributed by atoms with Crippen molar-refractivity contribution >= 4 is 22.2 Å². The van der Waals surface area contributed by atoms with Gasteiger partial charge in [0, 0.05) is 10.9 Å². The summed E-state index contributed by atoms with van der Waals surface area (Å²) in [5, 5.41) is 0.824. The van der Waals surface area contributed by atoms with Crippen molar-refractivity contribution in [3.63, 3.8) is 0 Å². The van der Waals surface area contributed by atoms with Crippen molar-refractivity contribution in [2.45, 2.75) is 5.33 Å². The van der Waals surface area contributed by atoms with Crippen LogP contribution in [0.1, 0.15) is 15.9 Å². The largest absolute Gasteiger partial charge is 0.298 e.